The molecule has 4 heteroatoms. The molecule has 2 rings (SSSR count). The van der Waals surface area contributed by atoms with E-state index in [2.05, 4.69) is 29.3 Å². The average molecular weight is 297 g/mol. The third-order valence-corrected chi connectivity index (χ3v) is 4.20. The van der Waals surface area contributed by atoms with Crippen LogP contribution in [0.4, 0.5) is 5.69 Å². The minimum atomic E-state index is 0.709. The van der Waals surface area contributed by atoms with E-state index < -0.39 is 0 Å². The standard InChI is InChI=1S/C16H25ClN2O/c1-3-18-11-14-10-15(17)4-5-16(14)19-8-6-13(7-9-19)12-20-2/h4-5,10,13,18H,3,6-9,11-12H2,1-2H3. The molecule has 112 valence electrons. The molecule has 1 heterocycles. The molecule has 0 atom stereocenters. The summed E-state index contributed by atoms with van der Waals surface area (Å²) in [6.45, 7) is 7.08. The van der Waals surface area contributed by atoms with E-state index in [1.54, 1.807) is 7.11 Å². The van der Waals surface area contributed by atoms with Gasteiger partial charge in [-0.2, -0.15) is 0 Å². The average Bonchev–Trinajstić information content (AvgIpc) is 2.47. The lowest BCUT2D eigenvalue weighted by atomic mass is 9.96. The Balaban J connectivity index is 2.04. The van der Waals surface area contributed by atoms with Crippen LogP contribution in [0.3, 0.4) is 0 Å². The number of anilines is 1. The lowest BCUT2D eigenvalue weighted by Gasteiger charge is -2.34. The normalized spacial score (nSPS) is 16.6. The Morgan fingerprint density at radius 3 is 2.75 bits per heavy atom. The van der Waals surface area contributed by atoms with E-state index in [0.717, 1.165) is 37.8 Å². The molecule has 1 aliphatic rings. The van der Waals surface area contributed by atoms with E-state index in [1.807, 2.05) is 6.07 Å². The van der Waals surface area contributed by atoms with Crippen LogP contribution in [0.5, 0.6) is 0 Å². The second-order valence-corrected chi connectivity index (χ2v) is 5.88. The van der Waals surface area contributed by atoms with Crippen molar-refractivity contribution in [1.82, 2.24) is 5.32 Å². The summed E-state index contributed by atoms with van der Waals surface area (Å²) in [6, 6.07) is 6.24. The number of ether oxygens (including phenoxy) is 1. The molecule has 1 N–H and O–H groups in total. The molecule has 20 heavy (non-hydrogen) atoms. The van der Waals surface area contributed by atoms with Gasteiger partial charge < -0.3 is 15.0 Å². The third kappa shape index (κ3) is 4.11. The summed E-state index contributed by atoms with van der Waals surface area (Å²) in [5, 5.41) is 4.21. The van der Waals surface area contributed by atoms with Crippen LogP contribution in [0.15, 0.2) is 18.2 Å². The Hall–Kier alpha value is -0.770. The Morgan fingerprint density at radius 2 is 2.10 bits per heavy atom. The molecule has 0 unspecified atom stereocenters. The van der Waals surface area contributed by atoms with Gasteiger partial charge in [-0.15, -0.1) is 0 Å². The van der Waals surface area contributed by atoms with Crippen molar-refractivity contribution >= 4 is 17.3 Å². The SMILES string of the molecule is CCNCc1cc(Cl)ccc1N1CCC(COC)CC1. The predicted octanol–water partition coefficient (Wildman–Crippen LogP) is 3.31. The second kappa shape index (κ2) is 7.87. The van der Waals surface area contributed by atoms with Crippen LogP contribution >= 0.6 is 11.6 Å². The van der Waals surface area contributed by atoms with Gasteiger partial charge >= 0.3 is 0 Å². The van der Waals surface area contributed by atoms with Gasteiger partial charge in [0.05, 0.1) is 0 Å². The van der Waals surface area contributed by atoms with Gasteiger partial charge in [0.1, 0.15) is 0 Å². The molecular weight excluding hydrogens is 272 g/mol. The number of halogens is 1. The van der Waals surface area contributed by atoms with Crippen molar-refractivity contribution in [3.63, 3.8) is 0 Å². The third-order valence-electron chi connectivity index (χ3n) is 3.96. The maximum Gasteiger partial charge on any atom is 0.0491 e. The summed E-state index contributed by atoms with van der Waals surface area (Å²) in [4.78, 5) is 2.48. The molecule has 0 spiro atoms. The Morgan fingerprint density at radius 1 is 1.35 bits per heavy atom. The summed E-state index contributed by atoms with van der Waals surface area (Å²) in [5.41, 5.74) is 2.62. The summed E-state index contributed by atoms with van der Waals surface area (Å²) >= 11 is 6.14. The van der Waals surface area contributed by atoms with Crippen molar-refractivity contribution in [2.24, 2.45) is 5.92 Å². The number of nitrogens with one attached hydrogen (secondary N) is 1. The topological polar surface area (TPSA) is 24.5 Å². The van der Waals surface area contributed by atoms with Gasteiger partial charge in [-0.25, -0.2) is 0 Å². The maximum atomic E-state index is 6.14. The molecule has 1 aromatic carbocycles. The van der Waals surface area contributed by atoms with Crippen LogP contribution in [0.25, 0.3) is 0 Å². The van der Waals surface area contributed by atoms with Gasteiger partial charge in [0.25, 0.3) is 0 Å². The van der Waals surface area contributed by atoms with Crippen LogP contribution in [0, 0.1) is 5.92 Å². The van der Waals surface area contributed by atoms with Crippen molar-refractivity contribution in [2.45, 2.75) is 26.3 Å². The number of piperidine rings is 1. The zero-order chi connectivity index (χ0) is 14.4. The summed E-state index contributed by atoms with van der Waals surface area (Å²) in [5.74, 6) is 0.709. The summed E-state index contributed by atoms with van der Waals surface area (Å²) in [6.07, 6.45) is 2.41. The van der Waals surface area contributed by atoms with E-state index in [9.17, 15) is 0 Å². The van der Waals surface area contributed by atoms with Crippen LogP contribution in [-0.2, 0) is 11.3 Å². The lowest BCUT2D eigenvalue weighted by molar-refractivity contribution is 0.139. The Bertz CT molecular complexity index is 417. The highest BCUT2D eigenvalue weighted by molar-refractivity contribution is 6.30. The first-order chi connectivity index (χ1) is 9.74. The highest BCUT2D eigenvalue weighted by atomic mass is 35.5. The fourth-order valence-corrected chi connectivity index (χ4v) is 3.03. The molecule has 0 saturated carbocycles. The van der Waals surface area contributed by atoms with Gasteiger partial charge in [-0.1, -0.05) is 18.5 Å². The van der Waals surface area contributed by atoms with Crippen LogP contribution in [0.1, 0.15) is 25.3 Å². The predicted molar refractivity (Wildman–Crippen MR) is 85.6 cm³/mol. The van der Waals surface area contributed by atoms with Crippen LogP contribution in [-0.4, -0.2) is 33.4 Å². The van der Waals surface area contributed by atoms with Crippen molar-refractivity contribution in [3.05, 3.63) is 28.8 Å². The number of hydrogen-bond acceptors (Lipinski definition) is 3. The van der Waals surface area contributed by atoms with Crippen molar-refractivity contribution in [2.75, 3.05) is 38.3 Å². The van der Waals surface area contributed by atoms with Gasteiger partial charge in [0, 0.05) is 44.1 Å². The molecule has 0 bridgehead atoms. The Labute approximate surface area is 127 Å². The smallest absolute Gasteiger partial charge is 0.0491 e. The molecule has 0 aromatic heterocycles. The fourth-order valence-electron chi connectivity index (χ4n) is 2.84. The molecule has 1 fully saturated rings. The number of rotatable bonds is 6. The largest absolute Gasteiger partial charge is 0.384 e. The first-order valence-corrected chi connectivity index (χ1v) is 7.85. The number of benzene rings is 1. The summed E-state index contributed by atoms with van der Waals surface area (Å²) < 4.78 is 5.27. The van der Waals surface area contributed by atoms with Crippen molar-refractivity contribution in [3.8, 4) is 0 Å². The number of methoxy groups -OCH3 is 1. The minimum absolute atomic E-state index is 0.709. The van der Waals surface area contributed by atoms with E-state index in [-0.39, 0.29) is 0 Å². The monoisotopic (exact) mass is 296 g/mol. The quantitative estimate of drug-likeness (QED) is 0.871. The second-order valence-electron chi connectivity index (χ2n) is 5.44. The zero-order valence-corrected chi connectivity index (χ0v) is 13.2. The van der Waals surface area contributed by atoms with Gasteiger partial charge in [0.2, 0.25) is 0 Å². The molecule has 1 aliphatic heterocycles. The van der Waals surface area contributed by atoms with E-state index in [0.29, 0.717) is 5.92 Å². The van der Waals surface area contributed by atoms with Gasteiger partial charge in [0.15, 0.2) is 0 Å². The minimum Gasteiger partial charge on any atom is -0.384 e. The molecule has 0 aliphatic carbocycles. The van der Waals surface area contributed by atoms with Gasteiger partial charge in [-0.05, 0) is 49.1 Å². The van der Waals surface area contributed by atoms with Gasteiger partial charge in [-0.3, -0.25) is 0 Å². The zero-order valence-electron chi connectivity index (χ0n) is 12.5. The molecule has 0 radical (unpaired) electrons. The number of hydrogen-bond donors (Lipinski definition) is 1. The first kappa shape index (κ1) is 15.6. The lowest BCUT2D eigenvalue weighted by Crippen LogP contribution is -2.35. The van der Waals surface area contributed by atoms with Crippen molar-refractivity contribution in [1.29, 1.82) is 0 Å². The Kier molecular flexibility index (Phi) is 6.14. The molecular formula is C16H25ClN2O. The molecule has 1 aromatic rings. The van der Waals surface area contributed by atoms with E-state index in [1.165, 1.54) is 24.1 Å². The van der Waals surface area contributed by atoms with E-state index in [4.69, 9.17) is 16.3 Å². The molecule has 0 amide bonds. The fraction of sp³-hybridized carbons (Fsp3) is 0.625. The highest BCUT2D eigenvalue weighted by Crippen LogP contribution is 2.28. The maximum absolute atomic E-state index is 6.14. The highest BCUT2D eigenvalue weighted by Gasteiger charge is 2.20. The van der Waals surface area contributed by atoms with Crippen LogP contribution < -0.4 is 10.2 Å². The molecule has 3 nitrogen and oxygen atoms in total. The molecule has 1 saturated heterocycles. The van der Waals surface area contributed by atoms with Crippen LogP contribution in [0.2, 0.25) is 5.02 Å². The number of nitrogens with zero attached hydrogens (tertiary/aromatic N) is 1. The summed E-state index contributed by atoms with van der Waals surface area (Å²) in [7, 11) is 1.79. The van der Waals surface area contributed by atoms with Crippen molar-refractivity contribution < 1.29 is 4.74 Å². The van der Waals surface area contributed by atoms with E-state index >= 15 is 0 Å². The first-order valence-electron chi connectivity index (χ1n) is 7.47.